The van der Waals surface area contributed by atoms with Crippen LogP contribution in [-0.2, 0) is 10.5 Å². The molecule has 0 aromatic heterocycles. The van der Waals surface area contributed by atoms with Gasteiger partial charge in [-0.15, -0.1) is 11.8 Å². The number of quaternary nitrogens is 1. The molecule has 1 heterocycles. The zero-order valence-electron chi connectivity index (χ0n) is 12.8. The van der Waals surface area contributed by atoms with Crippen molar-refractivity contribution in [3.8, 4) is 0 Å². The predicted molar refractivity (Wildman–Crippen MR) is 88.8 cm³/mol. The first-order chi connectivity index (χ1) is 10.1. The number of carbonyl (C=O) groups excluding carboxylic acids is 1. The van der Waals surface area contributed by atoms with Crippen molar-refractivity contribution < 1.29 is 9.69 Å². The number of rotatable bonds is 5. The molecule has 0 saturated carbocycles. The van der Waals surface area contributed by atoms with Gasteiger partial charge in [0, 0.05) is 24.3 Å². The third kappa shape index (κ3) is 5.52. The van der Waals surface area contributed by atoms with Gasteiger partial charge in [0.05, 0.1) is 25.9 Å². The van der Waals surface area contributed by atoms with Crippen molar-refractivity contribution in [2.24, 2.45) is 5.10 Å². The van der Waals surface area contributed by atoms with Crippen molar-refractivity contribution in [3.63, 3.8) is 0 Å². The lowest BCUT2D eigenvalue weighted by molar-refractivity contribution is -0.880. The minimum Gasteiger partial charge on any atom is -0.337 e. The fraction of sp³-hybridized carbons (Fsp3) is 0.500. The Labute approximate surface area is 131 Å². The molecule has 2 rings (SSSR count). The second-order valence-electron chi connectivity index (χ2n) is 5.59. The Hall–Kier alpha value is -1.33. The molecule has 114 valence electrons. The molecule has 21 heavy (non-hydrogen) atoms. The van der Waals surface area contributed by atoms with Crippen molar-refractivity contribution >= 4 is 23.4 Å². The van der Waals surface area contributed by atoms with Crippen molar-refractivity contribution in [3.05, 3.63) is 35.4 Å². The summed E-state index contributed by atoms with van der Waals surface area (Å²) in [6.45, 7) is 4.32. The lowest BCUT2D eigenvalue weighted by atomic mass is 10.1. The number of hydrogen-bond acceptors (Lipinski definition) is 3. The fourth-order valence-corrected chi connectivity index (χ4v) is 3.17. The third-order valence-corrected chi connectivity index (χ3v) is 4.75. The Bertz CT molecular complexity index is 506. The maximum atomic E-state index is 11.8. The molecule has 1 aliphatic heterocycles. The number of carbonyl (C=O) groups is 1. The molecule has 0 spiro atoms. The number of hydrogen-bond donors (Lipinski definition) is 2. The number of nitrogens with zero attached hydrogens (tertiary/aromatic N) is 1. The number of thioether (sulfide) groups is 1. The van der Waals surface area contributed by atoms with Gasteiger partial charge in [0.25, 0.3) is 0 Å². The van der Waals surface area contributed by atoms with E-state index in [9.17, 15) is 4.79 Å². The topological polar surface area (TPSA) is 45.9 Å². The van der Waals surface area contributed by atoms with Crippen molar-refractivity contribution in [2.45, 2.75) is 25.5 Å². The molecule has 1 amide bonds. The Kier molecular flexibility index (Phi) is 6.26. The van der Waals surface area contributed by atoms with Crippen LogP contribution in [0.4, 0.5) is 0 Å². The summed E-state index contributed by atoms with van der Waals surface area (Å²) >= 11 is 1.63. The zero-order valence-corrected chi connectivity index (χ0v) is 13.6. The first kappa shape index (κ1) is 16.0. The van der Waals surface area contributed by atoms with Gasteiger partial charge in [-0.25, -0.2) is 5.43 Å². The molecule has 0 bridgehead atoms. The van der Waals surface area contributed by atoms with E-state index >= 15 is 0 Å². The van der Waals surface area contributed by atoms with E-state index in [2.05, 4.69) is 36.6 Å². The van der Waals surface area contributed by atoms with Gasteiger partial charge in [-0.2, -0.15) is 5.10 Å². The highest BCUT2D eigenvalue weighted by atomic mass is 32.2. The van der Waals surface area contributed by atoms with Crippen LogP contribution < -0.4 is 10.3 Å². The molecular weight excluding hydrogens is 282 g/mol. The van der Waals surface area contributed by atoms with E-state index in [0.717, 1.165) is 37.4 Å². The quantitative estimate of drug-likeness (QED) is 0.798. The van der Waals surface area contributed by atoms with Crippen molar-refractivity contribution in [1.29, 1.82) is 0 Å². The van der Waals surface area contributed by atoms with Gasteiger partial charge >= 0.3 is 0 Å². The summed E-state index contributed by atoms with van der Waals surface area (Å²) in [5.41, 5.74) is 6.38. The number of aryl methyl sites for hydroxylation is 1. The molecule has 1 aromatic rings. The van der Waals surface area contributed by atoms with Crippen LogP contribution in [0.25, 0.3) is 0 Å². The minimum absolute atomic E-state index is 0.00707. The number of nitrogens with one attached hydrogen (secondary N) is 2. The molecule has 0 aliphatic carbocycles. The SMILES string of the molecule is Cc1ccccc1CSCC(=O)NN=C1CC[NH+](C)CC1. The highest BCUT2D eigenvalue weighted by Crippen LogP contribution is 2.15. The maximum absolute atomic E-state index is 11.8. The van der Waals surface area contributed by atoms with Gasteiger partial charge in [-0.3, -0.25) is 4.79 Å². The van der Waals surface area contributed by atoms with Crippen molar-refractivity contribution in [1.82, 2.24) is 5.43 Å². The van der Waals surface area contributed by atoms with Crippen LogP contribution >= 0.6 is 11.8 Å². The lowest BCUT2D eigenvalue weighted by Crippen LogP contribution is -3.10. The van der Waals surface area contributed by atoms with Gasteiger partial charge in [-0.1, -0.05) is 24.3 Å². The van der Waals surface area contributed by atoms with Crippen molar-refractivity contribution in [2.75, 3.05) is 25.9 Å². The predicted octanol–water partition coefficient (Wildman–Crippen LogP) is 1.01. The largest absolute Gasteiger partial charge is 0.337 e. The Balaban J connectivity index is 1.68. The van der Waals surface area contributed by atoms with E-state index < -0.39 is 0 Å². The van der Waals surface area contributed by atoms with Crippen LogP contribution in [0.15, 0.2) is 29.4 Å². The molecule has 0 unspecified atom stereocenters. The second-order valence-corrected chi connectivity index (χ2v) is 6.58. The number of benzene rings is 1. The van der Waals surface area contributed by atoms with E-state index in [4.69, 9.17) is 0 Å². The van der Waals surface area contributed by atoms with Gasteiger partial charge in [0.1, 0.15) is 0 Å². The summed E-state index contributed by atoms with van der Waals surface area (Å²) in [6.07, 6.45) is 1.98. The van der Waals surface area contributed by atoms with Crippen LogP contribution in [0.3, 0.4) is 0 Å². The number of amides is 1. The first-order valence-electron chi connectivity index (χ1n) is 7.43. The van der Waals surface area contributed by atoms with E-state index in [1.54, 1.807) is 11.8 Å². The molecule has 0 radical (unpaired) electrons. The zero-order chi connectivity index (χ0) is 15.1. The second kappa shape index (κ2) is 8.20. The van der Waals surface area contributed by atoms with E-state index in [-0.39, 0.29) is 5.91 Å². The highest BCUT2D eigenvalue weighted by Gasteiger charge is 2.14. The average molecular weight is 306 g/mol. The summed E-state index contributed by atoms with van der Waals surface area (Å²) in [5.74, 6) is 1.31. The van der Waals surface area contributed by atoms with E-state index in [1.165, 1.54) is 16.0 Å². The van der Waals surface area contributed by atoms with Crippen LogP contribution in [0.2, 0.25) is 0 Å². The van der Waals surface area contributed by atoms with Gasteiger partial charge < -0.3 is 4.90 Å². The Morgan fingerprint density at radius 2 is 2.05 bits per heavy atom. The monoisotopic (exact) mass is 306 g/mol. The van der Waals surface area contributed by atoms with Crippen LogP contribution in [0.1, 0.15) is 24.0 Å². The van der Waals surface area contributed by atoms with Gasteiger partial charge in [-0.05, 0) is 18.1 Å². The minimum atomic E-state index is -0.00707. The summed E-state index contributed by atoms with van der Waals surface area (Å²) in [6, 6.07) is 8.29. The Morgan fingerprint density at radius 3 is 2.76 bits per heavy atom. The smallest absolute Gasteiger partial charge is 0.250 e. The number of hydrazone groups is 1. The first-order valence-corrected chi connectivity index (χ1v) is 8.58. The molecular formula is C16H24N3OS+. The van der Waals surface area contributed by atoms with Gasteiger partial charge in [0.2, 0.25) is 5.91 Å². The fourth-order valence-electron chi connectivity index (χ4n) is 2.28. The average Bonchev–Trinajstić information content (AvgIpc) is 2.49. The standard InChI is InChI=1S/C16H23N3OS/c1-13-5-3-4-6-14(13)11-21-12-16(20)18-17-15-7-9-19(2)10-8-15/h3-6H,7-12H2,1-2H3,(H,18,20)/p+1. The normalized spacial score (nSPS) is 18.4. The number of likely N-dealkylation sites (tertiary alicyclic amines) is 1. The van der Waals surface area contributed by atoms with Crippen LogP contribution in [-0.4, -0.2) is 37.5 Å². The Morgan fingerprint density at radius 1 is 1.33 bits per heavy atom. The molecule has 5 heteroatoms. The van der Waals surface area contributed by atoms with Crippen LogP contribution in [0, 0.1) is 6.92 Å². The molecule has 2 N–H and O–H groups in total. The third-order valence-electron chi connectivity index (χ3n) is 3.77. The molecule has 1 aromatic carbocycles. The molecule has 1 fully saturated rings. The summed E-state index contributed by atoms with van der Waals surface area (Å²) in [7, 11) is 2.19. The number of piperidine rings is 1. The molecule has 1 saturated heterocycles. The van der Waals surface area contributed by atoms with E-state index in [1.807, 2.05) is 12.1 Å². The summed E-state index contributed by atoms with van der Waals surface area (Å²) < 4.78 is 0. The highest BCUT2D eigenvalue weighted by molar-refractivity contribution is 7.99. The van der Waals surface area contributed by atoms with Crippen LogP contribution in [0.5, 0.6) is 0 Å². The van der Waals surface area contributed by atoms with Gasteiger partial charge in [0.15, 0.2) is 0 Å². The maximum Gasteiger partial charge on any atom is 0.250 e. The summed E-state index contributed by atoms with van der Waals surface area (Å²) in [4.78, 5) is 13.3. The molecule has 1 aliphatic rings. The summed E-state index contributed by atoms with van der Waals surface area (Å²) in [5, 5.41) is 4.25. The molecule has 0 atom stereocenters. The molecule has 4 nitrogen and oxygen atoms in total. The van der Waals surface area contributed by atoms with E-state index in [0.29, 0.717) is 5.75 Å². The lowest BCUT2D eigenvalue weighted by Gasteiger charge is -2.20.